The van der Waals surface area contributed by atoms with Gasteiger partial charge in [-0.3, -0.25) is 4.79 Å². The molecule has 2 aromatic rings. The molecule has 0 unspecified atom stereocenters. The Kier molecular flexibility index (Phi) is 5.87. The summed E-state index contributed by atoms with van der Waals surface area (Å²) in [6.45, 7) is 0.171. The number of methoxy groups -OCH3 is 1. The van der Waals surface area contributed by atoms with E-state index in [0.717, 1.165) is 4.47 Å². The second-order valence-corrected chi connectivity index (χ2v) is 6.07. The summed E-state index contributed by atoms with van der Waals surface area (Å²) in [6, 6.07) is 9.13. The SMILES string of the molecule is COc1ccc([C@H](N)C(=O)O)cc1COc1ccc(Br)cc1Cl. The van der Waals surface area contributed by atoms with Gasteiger partial charge in [0.15, 0.2) is 0 Å². The molecule has 0 aromatic heterocycles. The monoisotopic (exact) mass is 399 g/mol. The predicted molar refractivity (Wildman–Crippen MR) is 91.0 cm³/mol. The van der Waals surface area contributed by atoms with Crippen molar-refractivity contribution >= 4 is 33.5 Å². The van der Waals surface area contributed by atoms with Crippen molar-refractivity contribution in [1.82, 2.24) is 0 Å². The summed E-state index contributed by atoms with van der Waals surface area (Å²) in [5.74, 6) is 0.00224. The third-order valence-corrected chi connectivity index (χ3v) is 4.00. The fourth-order valence-electron chi connectivity index (χ4n) is 2.00. The van der Waals surface area contributed by atoms with Gasteiger partial charge in [0, 0.05) is 10.0 Å². The van der Waals surface area contributed by atoms with Crippen LogP contribution in [0.15, 0.2) is 40.9 Å². The van der Waals surface area contributed by atoms with Gasteiger partial charge in [0.2, 0.25) is 0 Å². The summed E-state index contributed by atoms with van der Waals surface area (Å²) >= 11 is 9.43. The van der Waals surface area contributed by atoms with Gasteiger partial charge in [-0.2, -0.15) is 0 Å². The highest BCUT2D eigenvalue weighted by Crippen LogP contribution is 2.30. The molecule has 0 amide bonds. The van der Waals surface area contributed by atoms with Crippen LogP contribution in [0.25, 0.3) is 0 Å². The molecule has 0 bridgehead atoms. The molecule has 0 saturated heterocycles. The van der Waals surface area contributed by atoms with Gasteiger partial charge < -0.3 is 20.3 Å². The maximum absolute atomic E-state index is 11.0. The normalized spacial score (nSPS) is 11.8. The lowest BCUT2D eigenvalue weighted by Crippen LogP contribution is -2.20. The Morgan fingerprint density at radius 3 is 2.61 bits per heavy atom. The Hall–Kier alpha value is -1.76. The molecular weight excluding hydrogens is 386 g/mol. The molecule has 0 heterocycles. The van der Waals surface area contributed by atoms with Crippen molar-refractivity contribution in [3.8, 4) is 11.5 Å². The Labute approximate surface area is 147 Å². The highest BCUT2D eigenvalue weighted by atomic mass is 79.9. The quantitative estimate of drug-likeness (QED) is 0.771. The molecule has 0 aliphatic heterocycles. The van der Waals surface area contributed by atoms with E-state index >= 15 is 0 Å². The smallest absolute Gasteiger partial charge is 0.325 e. The zero-order valence-corrected chi connectivity index (χ0v) is 14.6. The van der Waals surface area contributed by atoms with E-state index in [0.29, 0.717) is 27.6 Å². The van der Waals surface area contributed by atoms with E-state index in [9.17, 15) is 4.79 Å². The minimum atomic E-state index is -1.10. The molecule has 5 nitrogen and oxygen atoms in total. The first-order valence-corrected chi connectivity index (χ1v) is 7.82. The largest absolute Gasteiger partial charge is 0.496 e. The molecule has 23 heavy (non-hydrogen) atoms. The van der Waals surface area contributed by atoms with Crippen molar-refractivity contribution in [1.29, 1.82) is 0 Å². The first-order chi connectivity index (χ1) is 10.9. The van der Waals surface area contributed by atoms with Gasteiger partial charge in [0.05, 0.1) is 12.1 Å². The third kappa shape index (κ3) is 4.37. The second-order valence-electron chi connectivity index (χ2n) is 4.75. The third-order valence-electron chi connectivity index (χ3n) is 3.21. The predicted octanol–water partition coefficient (Wildman–Crippen LogP) is 3.77. The van der Waals surface area contributed by atoms with Gasteiger partial charge in [0.25, 0.3) is 0 Å². The lowest BCUT2D eigenvalue weighted by Gasteiger charge is -2.14. The highest BCUT2D eigenvalue weighted by molar-refractivity contribution is 9.10. The minimum absolute atomic E-state index is 0.171. The van der Waals surface area contributed by atoms with Gasteiger partial charge in [-0.25, -0.2) is 0 Å². The molecule has 0 aliphatic rings. The fourth-order valence-corrected chi connectivity index (χ4v) is 2.72. The second kappa shape index (κ2) is 7.68. The van der Waals surface area contributed by atoms with Gasteiger partial charge in [-0.05, 0) is 35.9 Å². The molecule has 2 aromatic carbocycles. The molecule has 122 valence electrons. The van der Waals surface area contributed by atoms with Crippen LogP contribution in [0.5, 0.6) is 11.5 Å². The number of ether oxygens (including phenoxy) is 2. The first-order valence-electron chi connectivity index (χ1n) is 6.65. The average molecular weight is 401 g/mol. The first kappa shape index (κ1) is 17.6. The van der Waals surface area contributed by atoms with E-state index in [1.807, 2.05) is 6.07 Å². The zero-order chi connectivity index (χ0) is 17.0. The van der Waals surface area contributed by atoms with E-state index < -0.39 is 12.0 Å². The van der Waals surface area contributed by atoms with Crippen LogP contribution in [-0.2, 0) is 11.4 Å². The molecule has 0 spiro atoms. The van der Waals surface area contributed by atoms with Crippen LogP contribution < -0.4 is 15.2 Å². The Balaban J connectivity index is 2.23. The number of nitrogens with two attached hydrogens (primary N) is 1. The summed E-state index contributed by atoms with van der Waals surface area (Å²) in [7, 11) is 1.53. The van der Waals surface area contributed by atoms with Crippen LogP contribution in [0.1, 0.15) is 17.2 Å². The van der Waals surface area contributed by atoms with Crippen LogP contribution >= 0.6 is 27.5 Å². The topological polar surface area (TPSA) is 81.8 Å². The number of carboxylic acids is 1. The Morgan fingerprint density at radius 2 is 2.00 bits per heavy atom. The molecule has 0 saturated carbocycles. The summed E-state index contributed by atoms with van der Waals surface area (Å²) < 4.78 is 11.8. The zero-order valence-electron chi connectivity index (χ0n) is 12.3. The molecular formula is C16H15BrClNO4. The summed E-state index contributed by atoms with van der Waals surface area (Å²) in [4.78, 5) is 11.0. The van der Waals surface area contributed by atoms with E-state index in [1.54, 1.807) is 30.3 Å². The molecule has 2 rings (SSSR count). The molecule has 0 radical (unpaired) electrons. The lowest BCUT2D eigenvalue weighted by molar-refractivity contribution is -0.138. The number of hydrogen-bond acceptors (Lipinski definition) is 4. The molecule has 0 aliphatic carbocycles. The van der Waals surface area contributed by atoms with Crippen molar-refractivity contribution in [2.75, 3.05) is 7.11 Å². The minimum Gasteiger partial charge on any atom is -0.496 e. The van der Waals surface area contributed by atoms with Gasteiger partial charge in [0.1, 0.15) is 24.1 Å². The number of benzene rings is 2. The fraction of sp³-hybridized carbons (Fsp3) is 0.188. The Morgan fingerprint density at radius 1 is 1.30 bits per heavy atom. The molecule has 3 N–H and O–H groups in total. The summed E-state index contributed by atoms with van der Waals surface area (Å²) in [6.07, 6.45) is 0. The van der Waals surface area contributed by atoms with Gasteiger partial charge in [-0.1, -0.05) is 33.6 Å². The Bertz CT molecular complexity index is 723. The van der Waals surface area contributed by atoms with Crippen molar-refractivity contribution in [3.05, 3.63) is 57.0 Å². The standard InChI is InChI=1S/C16H15BrClNO4/c1-22-13-4-2-9(15(19)16(20)21)6-10(13)8-23-14-5-3-11(17)7-12(14)18/h2-7,15H,8,19H2,1H3,(H,20,21)/t15-/m0/s1. The highest BCUT2D eigenvalue weighted by Gasteiger charge is 2.16. The number of halogens is 2. The van der Waals surface area contributed by atoms with Crippen molar-refractivity contribution in [2.45, 2.75) is 12.6 Å². The van der Waals surface area contributed by atoms with E-state index in [2.05, 4.69) is 15.9 Å². The van der Waals surface area contributed by atoms with Gasteiger partial charge >= 0.3 is 5.97 Å². The van der Waals surface area contributed by atoms with E-state index in [4.69, 9.17) is 31.9 Å². The summed E-state index contributed by atoms with van der Waals surface area (Å²) in [5.41, 5.74) is 6.79. The number of hydrogen-bond donors (Lipinski definition) is 2. The van der Waals surface area contributed by atoms with Crippen molar-refractivity contribution < 1.29 is 19.4 Å². The van der Waals surface area contributed by atoms with Crippen molar-refractivity contribution in [2.24, 2.45) is 5.73 Å². The molecule has 1 atom stereocenters. The number of carboxylic acid groups (broad SMARTS) is 1. The number of rotatable bonds is 6. The summed E-state index contributed by atoms with van der Waals surface area (Å²) in [5, 5.41) is 9.48. The molecule has 7 heteroatoms. The van der Waals surface area contributed by atoms with Gasteiger partial charge in [-0.15, -0.1) is 0 Å². The molecule has 0 fully saturated rings. The number of aliphatic carboxylic acids is 1. The maximum atomic E-state index is 11.0. The van der Waals surface area contributed by atoms with Crippen LogP contribution in [0, 0.1) is 0 Å². The van der Waals surface area contributed by atoms with E-state index in [-0.39, 0.29) is 6.61 Å². The van der Waals surface area contributed by atoms with E-state index in [1.165, 1.54) is 7.11 Å². The van der Waals surface area contributed by atoms with Crippen molar-refractivity contribution in [3.63, 3.8) is 0 Å². The van der Waals surface area contributed by atoms with Crippen LogP contribution in [0.3, 0.4) is 0 Å². The van der Waals surface area contributed by atoms with Crippen LogP contribution in [0.2, 0.25) is 5.02 Å². The van der Waals surface area contributed by atoms with Crippen LogP contribution in [0.4, 0.5) is 0 Å². The number of carbonyl (C=O) groups is 1. The average Bonchev–Trinajstić information content (AvgIpc) is 2.53. The maximum Gasteiger partial charge on any atom is 0.325 e. The van der Waals surface area contributed by atoms with Crippen LogP contribution in [-0.4, -0.2) is 18.2 Å². The lowest BCUT2D eigenvalue weighted by atomic mass is 10.0.